The Hall–Kier alpha value is 2.47. The number of halogens is 5. The maximum absolute atomic E-state index is 5.76. The first-order valence-corrected chi connectivity index (χ1v) is 13.6. The largest absolute Gasteiger partial charge is 0.147 e. The molecule has 0 bridgehead atoms. The van der Waals surface area contributed by atoms with Crippen molar-refractivity contribution in [2.45, 2.75) is 41.1 Å². The molecular formula is C7H17Cl5SiSn. The standard InChI is InChI=1S/C4H9.C3H6Cl3Si.2ClH.Sn/c1-3-4-2;1-2-3-7(4,5)6;;;/h1,3-4H2,2H3;1-3H2;2*1H;. The van der Waals surface area contributed by atoms with Gasteiger partial charge in [-0.25, -0.2) is 0 Å². The molecule has 0 aromatic carbocycles. The summed E-state index contributed by atoms with van der Waals surface area (Å²) in [6.07, 6.45) is 3.91. The molecule has 0 fully saturated rings. The molecule has 0 saturated carbocycles. The molecule has 0 amide bonds. The summed E-state index contributed by atoms with van der Waals surface area (Å²) < 4.78 is 2.89. The summed E-state index contributed by atoms with van der Waals surface area (Å²) in [7, 11) is 0. The van der Waals surface area contributed by atoms with Gasteiger partial charge in [-0.05, 0) is 0 Å². The van der Waals surface area contributed by atoms with Crippen molar-refractivity contribution in [2.24, 2.45) is 0 Å². The van der Waals surface area contributed by atoms with E-state index in [0.29, 0.717) is 0 Å². The Labute approximate surface area is 125 Å². The Morgan fingerprint density at radius 3 is 1.93 bits per heavy atom. The molecule has 0 rings (SSSR count). The van der Waals surface area contributed by atoms with Crippen LogP contribution in [0.4, 0.5) is 0 Å². The van der Waals surface area contributed by atoms with Crippen molar-refractivity contribution in [2.75, 3.05) is 0 Å². The molecule has 0 heterocycles. The van der Waals surface area contributed by atoms with Gasteiger partial charge in [0, 0.05) is 0 Å². The minimum atomic E-state index is -2.28. The average molecular weight is 425 g/mol. The van der Waals surface area contributed by atoms with E-state index in [2.05, 4.69) is 6.92 Å². The Bertz CT molecular complexity index is 109. The molecule has 0 aliphatic carbocycles. The Morgan fingerprint density at radius 2 is 1.50 bits per heavy atom. The smallest absolute Gasteiger partial charge is 0.147 e. The zero-order chi connectivity index (χ0) is 9.45. The van der Waals surface area contributed by atoms with Crippen LogP contribution in [0.5, 0.6) is 0 Å². The number of unbranched alkanes of at least 4 members (excludes halogenated alkanes) is 1. The topological polar surface area (TPSA) is 0 Å². The molecule has 0 unspecified atom stereocenters. The fourth-order valence-corrected chi connectivity index (χ4v) is 7.28. The summed E-state index contributed by atoms with van der Waals surface area (Å²) in [6, 6.07) is -1.42. The van der Waals surface area contributed by atoms with Gasteiger partial charge in [0.1, 0.15) is 0 Å². The third-order valence-corrected chi connectivity index (χ3v) is 8.18. The summed E-state index contributed by atoms with van der Waals surface area (Å²) in [5.74, 6) is 0. The monoisotopic (exact) mass is 424 g/mol. The van der Waals surface area contributed by atoms with Crippen molar-refractivity contribution < 1.29 is 0 Å². The molecule has 2 radical (unpaired) electrons. The molecule has 0 aromatic heterocycles. The number of rotatable bonds is 7. The van der Waals surface area contributed by atoms with E-state index in [4.69, 9.17) is 33.2 Å². The third-order valence-electron chi connectivity index (χ3n) is 1.52. The molecule has 0 saturated heterocycles. The minimum absolute atomic E-state index is 0. The zero-order valence-electron chi connectivity index (χ0n) is 8.19. The van der Waals surface area contributed by atoms with Gasteiger partial charge in [0.15, 0.2) is 0 Å². The Morgan fingerprint density at radius 1 is 1.00 bits per heavy atom. The number of hydrogen-bond donors (Lipinski definition) is 0. The van der Waals surface area contributed by atoms with Gasteiger partial charge in [-0.1, -0.05) is 0 Å². The van der Waals surface area contributed by atoms with E-state index in [1.165, 1.54) is 28.1 Å². The SMILES string of the molecule is CCC[CH2][Sn][CH2]CC[Si](Cl)(Cl)Cl.Cl.Cl. The maximum atomic E-state index is 5.76. The van der Waals surface area contributed by atoms with Crippen molar-refractivity contribution in [1.29, 1.82) is 0 Å². The fourth-order valence-electron chi connectivity index (χ4n) is 0.841. The van der Waals surface area contributed by atoms with E-state index >= 15 is 0 Å². The van der Waals surface area contributed by atoms with Crippen LogP contribution in [0.25, 0.3) is 0 Å². The second-order valence-corrected chi connectivity index (χ2v) is 16.4. The predicted octanol–water partition coefficient (Wildman–Crippen LogP) is 5.22. The van der Waals surface area contributed by atoms with Gasteiger partial charge in [-0.3, -0.25) is 0 Å². The normalized spacial score (nSPS) is 10.3. The summed E-state index contributed by atoms with van der Waals surface area (Å²) in [4.78, 5) is 0. The Balaban J connectivity index is -0.000000605. The molecule has 14 heavy (non-hydrogen) atoms. The van der Waals surface area contributed by atoms with E-state index in [0.717, 1.165) is 6.04 Å². The first-order valence-electron chi connectivity index (χ1n) is 4.33. The van der Waals surface area contributed by atoms with Crippen LogP contribution < -0.4 is 0 Å². The van der Waals surface area contributed by atoms with Crippen LogP contribution in [0.3, 0.4) is 0 Å². The summed E-state index contributed by atoms with van der Waals surface area (Å²) in [5.41, 5.74) is 0. The Kier molecular flexibility index (Phi) is 21.0. The quantitative estimate of drug-likeness (QED) is 0.298. The fraction of sp³-hybridized carbons (Fsp3) is 1.00. The molecular weight excluding hydrogens is 408 g/mol. The number of hydrogen-bond acceptors (Lipinski definition) is 0. The van der Waals surface area contributed by atoms with Gasteiger partial charge in [0.2, 0.25) is 0 Å². The van der Waals surface area contributed by atoms with Crippen LogP contribution in [-0.4, -0.2) is 27.1 Å². The van der Waals surface area contributed by atoms with E-state index in [9.17, 15) is 0 Å². The van der Waals surface area contributed by atoms with Crippen molar-refractivity contribution >= 4 is 85.2 Å². The molecule has 0 atom stereocenters. The first kappa shape index (κ1) is 21.7. The minimum Gasteiger partial charge on any atom is -0.147 e. The first-order chi connectivity index (χ1) is 5.56. The van der Waals surface area contributed by atoms with Crippen molar-refractivity contribution in [1.82, 2.24) is 0 Å². The van der Waals surface area contributed by atoms with E-state index in [1.54, 1.807) is 0 Å². The van der Waals surface area contributed by atoms with Crippen LogP contribution in [0, 0.1) is 0 Å². The van der Waals surface area contributed by atoms with Gasteiger partial charge in [0.05, 0.1) is 0 Å². The summed E-state index contributed by atoms with van der Waals surface area (Å²) >= 11 is 17.2. The summed E-state index contributed by atoms with van der Waals surface area (Å²) in [6.45, 7) is 2.24. The molecule has 7 heteroatoms. The van der Waals surface area contributed by atoms with Gasteiger partial charge < -0.3 is 0 Å². The molecule has 0 aromatic rings. The van der Waals surface area contributed by atoms with Crippen molar-refractivity contribution in [3.63, 3.8) is 0 Å². The molecule has 0 aliphatic rings. The molecule has 0 N–H and O–H groups in total. The van der Waals surface area contributed by atoms with Crippen LogP contribution in [0.15, 0.2) is 0 Å². The van der Waals surface area contributed by atoms with Gasteiger partial charge in [0.25, 0.3) is 0 Å². The van der Waals surface area contributed by atoms with Crippen molar-refractivity contribution in [3.05, 3.63) is 0 Å². The van der Waals surface area contributed by atoms with E-state index < -0.39 is 6.00 Å². The van der Waals surface area contributed by atoms with Crippen LogP contribution in [0.1, 0.15) is 26.2 Å². The van der Waals surface area contributed by atoms with Crippen molar-refractivity contribution in [3.8, 4) is 0 Å². The van der Waals surface area contributed by atoms with Gasteiger partial charge >= 0.3 is 101 Å². The second kappa shape index (κ2) is 13.5. The van der Waals surface area contributed by atoms with E-state index in [1.807, 2.05) is 0 Å². The predicted molar refractivity (Wildman–Crippen MR) is 77.5 cm³/mol. The summed E-state index contributed by atoms with van der Waals surface area (Å²) in [5, 5.41) is 0. The molecule has 0 spiro atoms. The van der Waals surface area contributed by atoms with E-state index in [-0.39, 0.29) is 46.0 Å². The molecule has 88 valence electrons. The second-order valence-electron chi connectivity index (χ2n) is 2.82. The molecule has 0 nitrogen and oxygen atoms in total. The van der Waals surface area contributed by atoms with Crippen LogP contribution in [-0.2, 0) is 0 Å². The molecule has 0 aliphatic heterocycles. The van der Waals surface area contributed by atoms with Gasteiger partial charge in [-0.15, -0.1) is 24.8 Å². The third kappa shape index (κ3) is 20.0. The maximum Gasteiger partial charge on any atom is -0.147 e. The zero-order valence-corrected chi connectivity index (χ0v) is 15.9. The van der Waals surface area contributed by atoms with Gasteiger partial charge in [-0.2, -0.15) is 0 Å². The van der Waals surface area contributed by atoms with Crippen LogP contribution >= 0.6 is 58.1 Å². The average Bonchev–Trinajstić information content (AvgIpc) is 1.94. The van der Waals surface area contributed by atoms with Crippen LogP contribution in [0.2, 0.25) is 14.9 Å².